The number of carbonyl (C=O) groups excluding carboxylic acids is 2. The molecule has 0 atom stereocenters. The lowest BCUT2D eigenvalue weighted by Crippen LogP contribution is -2.32. The quantitative estimate of drug-likeness (QED) is 0.624. The van der Waals surface area contributed by atoms with Crippen LogP contribution in [0.15, 0.2) is 0 Å². The van der Waals surface area contributed by atoms with Gasteiger partial charge in [0.05, 0.1) is 32.1 Å². The van der Waals surface area contributed by atoms with Crippen LogP contribution in [0.5, 0.6) is 0 Å². The van der Waals surface area contributed by atoms with E-state index in [4.69, 9.17) is 9.84 Å². The summed E-state index contributed by atoms with van der Waals surface area (Å²) in [6.45, 7) is 0.767. The third-order valence-electron chi connectivity index (χ3n) is 1.54. The van der Waals surface area contributed by atoms with E-state index in [2.05, 4.69) is 0 Å². The summed E-state index contributed by atoms with van der Waals surface area (Å²) in [5.74, 6) is 0.0707. The Morgan fingerprint density at radius 1 is 1.46 bits per heavy atom. The Bertz CT molecular complexity index is 193. The lowest BCUT2D eigenvalue weighted by Gasteiger charge is -2.11. The molecular weight excluding hydrogens is 194 g/mol. The molecule has 0 spiro atoms. The Kier molecular flexibility index (Phi) is 4.20. The maximum absolute atomic E-state index is 11.0. The minimum atomic E-state index is -0.211. The Morgan fingerprint density at radius 3 is 2.77 bits per heavy atom. The van der Waals surface area contributed by atoms with Crippen LogP contribution in [-0.2, 0) is 9.53 Å². The van der Waals surface area contributed by atoms with Gasteiger partial charge in [0.2, 0.25) is 5.91 Å². The van der Waals surface area contributed by atoms with Crippen LogP contribution in [0.3, 0.4) is 0 Å². The summed E-state index contributed by atoms with van der Waals surface area (Å²) < 4.78 is 4.94. The SMILES string of the molecule is O=C1CSC(=O)N1CCOCCO. The predicted molar refractivity (Wildman–Crippen MR) is 47.5 cm³/mol. The molecule has 1 heterocycles. The molecular formula is C7H11NO4S. The van der Waals surface area contributed by atoms with E-state index in [1.54, 1.807) is 0 Å². The van der Waals surface area contributed by atoms with Gasteiger partial charge in [0.15, 0.2) is 0 Å². The number of aliphatic hydroxyl groups is 1. The van der Waals surface area contributed by atoms with E-state index < -0.39 is 0 Å². The summed E-state index contributed by atoms with van der Waals surface area (Å²) in [5, 5.41) is 8.18. The molecule has 1 N–H and O–H groups in total. The van der Waals surface area contributed by atoms with Gasteiger partial charge < -0.3 is 9.84 Å². The molecule has 0 aromatic rings. The molecule has 0 unspecified atom stereocenters. The number of hydrogen-bond acceptors (Lipinski definition) is 5. The molecule has 1 aliphatic heterocycles. The van der Waals surface area contributed by atoms with Crippen LogP contribution < -0.4 is 0 Å². The smallest absolute Gasteiger partial charge is 0.288 e. The number of rotatable bonds is 5. The van der Waals surface area contributed by atoms with E-state index in [0.717, 1.165) is 11.8 Å². The molecule has 1 aliphatic rings. The first-order valence-corrected chi connectivity index (χ1v) is 4.90. The van der Waals surface area contributed by atoms with Gasteiger partial charge in [0, 0.05) is 0 Å². The lowest BCUT2D eigenvalue weighted by atomic mass is 10.5. The topological polar surface area (TPSA) is 66.8 Å². The fourth-order valence-electron chi connectivity index (χ4n) is 0.920. The molecule has 74 valence electrons. The number of ether oxygens (including phenoxy) is 1. The van der Waals surface area contributed by atoms with Crippen LogP contribution in [0.1, 0.15) is 0 Å². The van der Waals surface area contributed by atoms with Crippen molar-refractivity contribution in [2.45, 2.75) is 0 Å². The number of carbonyl (C=O) groups is 2. The molecule has 13 heavy (non-hydrogen) atoms. The molecule has 0 saturated carbocycles. The lowest BCUT2D eigenvalue weighted by molar-refractivity contribution is -0.125. The summed E-state index contributed by atoms with van der Waals surface area (Å²) in [6, 6.07) is 0. The van der Waals surface area contributed by atoms with E-state index >= 15 is 0 Å². The molecule has 0 aromatic heterocycles. The Morgan fingerprint density at radius 2 is 2.23 bits per heavy atom. The van der Waals surface area contributed by atoms with Gasteiger partial charge in [0.25, 0.3) is 5.24 Å². The molecule has 1 rings (SSSR count). The summed E-state index contributed by atoms with van der Waals surface area (Å²) in [4.78, 5) is 23.2. The highest BCUT2D eigenvalue weighted by Crippen LogP contribution is 2.17. The molecule has 6 heteroatoms. The van der Waals surface area contributed by atoms with Crippen LogP contribution in [-0.4, -0.2) is 53.3 Å². The van der Waals surface area contributed by atoms with Gasteiger partial charge in [-0.3, -0.25) is 14.5 Å². The van der Waals surface area contributed by atoms with Crippen LogP contribution in [0, 0.1) is 0 Å². The molecule has 1 fully saturated rings. The summed E-state index contributed by atoms with van der Waals surface area (Å²) in [5.41, 5.74) is 0. The average molecular weight is 205 g/mol. The fourth-order valence-corrected chi connectivity index (χ4v) is 1.67. The van der Waals surface area contributed by atoms with Crippen molar-refractivity contribution in [1.29, 1.82) is 0 Å². The standard InChI is InChI=1S/C7H11NO4S/c9-2-4-12-3-1-8-6(10)5-13-7(8)11/h9H,1-5H2. The highest BCUT2D eigenvalue weighted by molar-refractivity contribution is 8.14. The fraction of sp³-hybridized carbons (Fsp3) is 0.714. The monoisotopic (exact) mass is 205 g/mol. The zero-order valence-electron chi connectivity index (χ0n) is 7.06. The van der Waals surface area contributed by atoms with Crippen molar-refractivity contribution in [2.24, 2.45) is 0 Å². The summed E-state index contributed by atoms with van der Waals surface area (Å²) in [7, 11) is 0. The number of imide groups is 1. The first kappa shape index (κ1) is 10.5. The third-order valence-corrected chi connectivity index (χ3v) is 2.39. The van der Waals surface area contributed by atoms with E-state index in [1.165, 1.54) is 4.90 Å². The van der Waals surface area contributed by atoms with E-state index in [0.29, 0.717) is 6.61 Å². The number of amides is 2. The molecule has 0 bridgehead atoms. The highest BCUT2D eigenvalue weighted by atomic mass is 32.2. The van der Waals surface area contributed by atoms with Crippen molar-refractivity contribution in [1.82, 2.24) is 4.90 Å². The van der Waals surface area contributed by atoms with Gasteiger partial charge in [-0.25, -0.2) is 0 Å². The molecule has 2 amide bonds. The molecule has 0 radical (unpaired) electrons. The van der Waals surface area contributed by atoms with Crippen LogP contribution >= 0.6 is 11.8 Å². The first-order chi connectivity index (χ1) is 6.25. The molecule has 5 nitrogen and oxygen atoms in total. The van der Waals surface area contributed by atoms with Gasteiger partial charge in [0.1, 0.15) is 0 Å². The zero-order chi connectivity index (χ0) is 9.68. The van der Waals surface area contributed by atoms with Crippen molar-refractivity contribution < 1.29 is 19.4 Å². The maximum Gasteiger partial charge on any atom is 0.288 e. The molecule has 0 aliphatic carbocycles. The molecule has 1 saturated heterocycles. The second-order valence-corrected chi connectivity index (χ2v) is 3.36. The average Bonchev–Trinajstić information content (AvgIpc) is 2.42. The predicted octanol–water partition coefficient (Wildman–Crippen LogP) is -0.309. The minimum absolute atomic E-state index is 0.0450. The van der Waals surface area contributed by atoms with Gasteiger partial charge in [-0.2, -0.15) is 0 Å². The van der Waals surface area contributed by atoms with Crippen molar-refractivity contribution in [3.63, 3.8) is 0 Å². The zero-order valence-corrected chi connectivity index (χ0v) is 7.88. The second-order valence-electron chi connectivity index (χ2n) is 2.44. The highest BCUT2D eigenvalue weighted by Gasteiger charge is 2.29. The number of aliphatic hydroxyl groups excluding tert-OH is 1. The van der Waals surface area contributed by atoms with Crippen molar-refractivity contribution in [2.75, 3.05) is 32.1 Å². The summed E-state index contributed by atoms with van der Waals surface area (Å²) in [6.07, 6.45) is 0. The van der Waals surface area contributed by atoms with E-state index in [-0.39, 0.29) is 36.7 Å². The Labute approximate surface area is 80.0 Å². The van der Waals surface area contributed by atoms with Gasteiger partial charge in [-0.15, -0.1) is 0 Å². The number of nitrogens with zero attached hydrogens (tertiary/aromatic N) is 1. The van der Waals surface area contributed by atoms with E-state index in [9.17, 15) is 9.59 Å². The Balaban J connectivity index is 2.20. The molecule has 0 aromatic carbocycles. The van der Waals surface area contributed by atoms with Crippen LogP contribution in [0.4, 0.5) is 4.79 Å². The van der Waals surface area contributed by atoms with Crippen LogP contribution in [0.25, 0.3) is 0 Å². The normalized spacial score (nSPS) is 17.2. The Hall–Kier alpha value is -0.590. The van der Waals surface area contributed by atoms with Crippen molar-refractivity contribution >= 4 is 22.9 Å². The number of thioether (sulfide) groups is 1. The third kappa shape index (κ3) is 2.98. The van der Waals surface area contributed by atoms with Gasteiger partial charge in [-0.05, 0) is 0 Å². The van der Waals surface area contributed by atoms with E-state index in [1.807, 2.05) is 0 Å². The number of hydrogen-bond donors (Lipinski definition) is 1. The maximum atomic E-state index is 11.0. The largest absolute Gasteiger partial charge is 0.394 e. The van der Waals surface area contributed by atoms with Crippen molar-refractivity contribution in [3.8, 4) is 0 Å². The second kappa shape index (κ2) is 5.21. The van der Waals surface area contributed by atoms with Crippen molar-refractivity contribution in [3.05, 3.63) is 0 Å². The summed E-state index contributed by atoms with van der Waals surface area (Å²) >= 11 is 1.01. The first-order valence-electron chi connectivity index (χ1n) is 3.91. The van der Waals surface area contributed by atoms with Gasteiger partial charge in [-0.1, -0.05) is 11.8 Å². The van der Waals surface area contributed by atoms with Gasteiger partial charge >= 0.3 is 0 Å². The minimum Gasteiger partial charge on any atom is -0.394 e. The van der Waals surface area contributed by atoms with Crippen LogP contribution in [0.2, 0.25) is 0 Å².